The maximum absolute atomic E-state index is 4.45. The third kappa shape index (κ3) is 2.07. The second-order valence-corrected chi connectivity index (χ2v) is 5.14. The highest BCUT2D eigenvalue weighted by molar-refractivity contribution is 5.73. The predicted octanol–water partition coefficient (Wildman–Crippen LogP) is 2.63. The van der Waals surface area contributed by atoms with Crippen molar-refractivity contribution in [2.24, 2.45) is 5.41 Å². The largest absolute Gasteiger partial charge is 0.352 e. The van der Waals surface area contributed by atoms with Crippen molar-refractivity contribution in [2.45, 2.75) is 26.2 Å². The van der Waals surface area contributed by atoms with Crippen molar-refractivity contribution < 1.29 is 0 Å². The van der Waals surface area contributed by atoms with Crippen LogP contribution in [-0.2, 0) is 0 Å². The van der Waals surface area contributed by atoms with Gasteiger partial charge in [0, 0.05) is 6.54 Å². The molecule has 1 aromatic heterocycles. The van der Waals surface area contributed by atoms with Gasteiger partial charge in [0.05, 0.1) is 5.52 Å². The summed E-state index contributed by atoms with van der Waals surface area (Å²) in [4.78, 5) is 4.45. The molecule has 0 bridgehead atoms. The molecule has 0 saturated heterocycles. The molecule has 0 spiro atoms. The molecular weight excluding hydrogens is 212 g/mol. The molecule has 1 aromatic carbocycles. The quantitative estimate of drug-likeness (QED) is 0.877. The van der Waals surface area contributed by atoms with E-state index in [9.17, 15) is 0 Å². The first-order valence-electron chi connectivity index (χ1n) is 6.09. The molecule has 0 unspecified atom stereocenters. The van der Waals surface area contributed by atoms with Gasteiger partial charge in [-0.05, 0) is 30.4 Å². The SMILES string of the molecule is CC1(CNc2nnc3ccccc3n2)CCC1. The Balaban J connectivity index is 1.76. The molecule has 1 aliphatic rings. The molecule has 0 amide bonds. The Bertz CT molecular complexity index is 534. The molecule has 17 heavy (non-hydrogen) atoms. The smallest absolute Gasteiger partial charge is 0.243 e. The third-order valence-corrected chi connectivity index (χ3v) is 3.59. The summed E-state index contributed by atoms with van der Waals surface area (Å²) in [5.74, 6) is 0.636. The predicted molar refractivity (Wildman–Crippen MR) is 67.8 cm³/mol. The van der Waals surface area contributed by atoms with Gasteiger partial charge >= 0.3 is 0 Å². The highest BCUT2D eigenvalue weighted by Crippen LogP contribution is 2.39. The standard InChI is InChI=1S/C13H16N4/c1-13(7-4-8-13)9-14-12-15-10-5-2-3-6-11(10)16-17-12/h2-3,5-6H,4,7-9H2,1H3,(H,14,15,17). The number of para-hydroxylation sites is 1. The van der Waals surface area contributed by atoms with Crippen molar-refractivity contribution in [1.82, 2.24) is 15.2 Å². The van der Waals surface area contributed by atoms with Gasteiger partial charge in [0.25, 0.3) is 0 Å². The highest BCUT2D eigenvalue weighted by atomic mass is 15.2. The molecule has 4 heteroatoms. The van der Waals surface area contributed by atoms with E-state index in [1.807, 2.05) is 24.3 Å². The number of benzene rings is 1. The maximum Gasteiger partial charge on any atom is 0.243 e. The van der Waals surface area contributed by atoms with Crippen LogP contribution < -0.4 is 5.32 Å². The molecule has 4 nitrogen and oxygen atoms in total. The number of anilines is 1. The minimum atomic E-state index is 0.426. The molecule has 1 aliphatic carbocycles. The highest BCUT2D eigenvalue weighted by Gasteiger charge is 2.31. The van der Waals surface area contributed by atoms with Gasteiger partial charge in [0.2, 0.25) is 5.95 Å². The zero-order chi connectivity index (χ0) is 11.7. The van der Waals surface area contributed by atoms with Gasteiger partial charge in [-0.2, -0.15) is 0 Å². The topological polar surface area (TPSA) is 50.7 Å². The van der Waals surface area contributed by atoms with E-state index in [1.165, 1.54) is 19.3 Å². The van der Waals surface area contributed by atoms with Crippen LogP contribution in [0.25, 0.3) is 11.0 Å². The van der Waals surface area contributed by atoms with E-state index in [2.05, 4.69) is 27.4 Å². The molecule has 88 valence electrons. The van der Waals surface area contributed by atoms with Gasteiger partial charge in [0.1, 0.15) is 5.52 Å². The van der Waals surface area contributed by atoms with Crippen molar-refractivity contribution in [3.05, 3.63) is 24.3 Å². The second kappa shape index (κ2) is 3.95. The van der Waals surface area contributed by atoms with Crippen molar-refractivity contribution in [3.63, 3.8) is 0 Å². The fourth-order valence-corrected chi connectivity index (χ4v) is 2.21. The van der Waals surface area contributed by atoms with Crippen molar-refractivity contribution in [1.29, 1.82) is 0 Å². The van der Waals surface area contributed by atoms with E-state index in [-0.39, 0.29) is 0 Å². The average Bonchev–Trinajstić information content (AvgIpc) is 2.34. The summed E-state index contributed by atoms with van der Waals surface area (Å²) in [5, 5.41) is 11.5. The summed E-state index contributed by atoms with van der Waals surface area (Å²) >= 11 is 0. The fourth-order valence-electron chi connectivity index (χ4n) is 2.21. The van der Waals surface area contributed by atoms with Crippen molar-refractivity contribution in [2.75, 3.05) is 11.9 Å². The van der Waals surface area contributed by atoms with Crippen LogP contribution >= 0.6 is 0 Å². The number of aromatic nitrogens is 3. The minimum Gasteiger partial charge on any atom is -0.352 e. The average molecular weight is 228 g/mol. The lowest BCUT2D eigenvalue weighted by molar-refractivity contribution is 0.179. The van der Waals surface area contributed by atoms with Gasteiger partial charge in [-0.15, -0.1) is 10.2 Å². The number of hydrogen-bond acceptors (Lipinski definition) is 4. The fraction of sp³-hybridized carbons (Fsp3) is 0.462. The van der Waals surface area contributed by atoms with Crippen LogP contribution in [0.4, 0.5) is 5.95 Å². The van der Waals surface area contributed by atoms with Crippen molar-refractivity contribution >= 4 is 17.0 Å². The third-order valence-electron chi connectivity index (χ3n) is 3.59. The number of hydrogen-bond donors (Lipinski definition) is 1. The van der Waals surface area contributed by atoms with Gasteiger partial charge in [-0.25, -0.2) is 4.98 Å². The van der Waals surface area contributed by atoms with E-state index in [0.29, 0.717) is 11.4 Å². The monoisotopic (exact) mass is 228 g/mol. The molecule has 1 heterocycles. The number of nitrogens with zero attached hydrogens (tertiary/aromatic N) is 3. The number of fused-ring (bicyclic) bond motifs is 1. The summed E-state index contributed by atoms with van der Waals surface area (Å²) < 4.78 is 0. The molecule has 3 rings (SSSR count). The molecular formula is C13H16N4. The van der Waals surface area contributed by atoms with E-state index in [0.717, 1.165) is 17.6 Å². The Kier molecular flexibility index (Phi) is 2.42. The lowest BCUT2D eigenvalue weighted by atomic mass is 9.70. The Hall–Kier alpha value is -1.71. The van der Waals surface area contributed by atoms with Crippen LogP contribution in [0.3, 0.4) is 0 Å². The van der Waals surface area contributed by atoms with Gasteiger partial charge in [0.15, 0.2) is 0 Å². The lowest BCUT2D eigenvalue weighted by Gasteiger charge is -2.38. The summed E-state index contributed by atoms with van der Waals surface area (Å²) in [6.45, 7) is 3.24. The lowest BCUT2D eigenvalue weighted by Crippen LogP contribution is -2.33. The Morgan fingerprint density at radius 1 is 1.18 bits per heavy atom. The van der Waals surface area contributed by atoms with Crippen LogP contribution in [0.5, 0.6) is 0 Å². The molecule has 0 atom stereocenters. The number of nitrogens with one attached hydrogen (secondary N) is 1. The Labute approximate surface area is 100 Å². The van der Waals surface area contributed by atoms with E-state index >= 15 is 0 Å². The molecule has 0 aliphatic heterocycles. The van der Waals surface area contributed by atoms with Crippen LogP contribution in [0, 0.1) is 5.41 Å². The van der Waals surface area contributed by atoms with Crippen LogP contribution in [0.1, 0.15) is 26.2 Å². The normalized spacial score (nSPS) is 17.7. The van der Waals surface area contributed by atoms with Gasteiger partial charge in [-0.1, -0.05) is 25.5 Å². The summed E-state index contributed by atoms with van der Waals surface area (Å²) in [7, 11) is 0. The van der Waals surface area contributed by atoms with Crippen LogP contribution in [0.2, 0.25) is 0 Å². The summed E-state index contributed by atoms with van der Waals surface area (Å²) in [6, 6.07) is 7.79. The van der Waals surface area contributed by atoms with E-state index in [4.69, 9.17) is 0 Å². The zero-order valence-corrected chi connectivity index (χ0v) is 9.98. The van der Waals surface area contributed by atoms with Gasteiger partial charge < -0.3 is 5.32 Å². The molecule has 2 aromatic rings. The molecule has 0 radical (unpaired) electrons. The van der Waals surface area contributed by atoms with Crippen LogP contribution in [0.15, 0.2) is 24.3 Å². The summed E-state index contributed by atoms with van der Waals surface area (Å²) in [6.07, 6.45) is 3.93. The first-order valence-corrected chi connectivity index (χ1v) is 6.09. The maximum atomic E-state index is 4.45. The second-order valence-electron chi connectivity index (χ2n) is 5.14. The Morgan fingerprint density at radius 3 is 2.65 bits per heavy atom. The first kappa shape index (κ1) is 10.4. The van der Waals surface area contributed by atoms with Gasteiger partial charge in [-0.3, -0.25) is 0 Å². The molecule has 1 saturated carbocycles. The van der Waals surface area contributed by atoms with Crippen molar-refractivity contribution in [3.8, 4) is 0 Å². The summed E-state index contributed by atoms with van der Waals surface area (Å²) in [5.41, 5.74) is 2.16. The molecule has 1 fully saturated rings. The zero-order valence-electron chi connectivity index (χ0n) is 9.98. The van der Waals surface area contributed by atoms with E-state index in [1.54, 1.807) is 0 Å². The Morgan fingerprint density at radius 2 is 1.94 bits per heavy atom. The first-order chi connectivity index (χ1) is 8.25. The van der Waals surface area contributed by atoms with Crippen LogP contribution in [-0.4, -0.2) is 21.7 Å². The minimum absolute atomic E-state index is 0.426. The molecule has 1 N–H and O–H groups in total. The number of rotatable bonds is 3. The van der Waals surface area contributed by atoms with E-state index < -0.39 is 0 Å².